The van der Waals surface area contributed by atoms with Gasteiger partial charge < -0.3 is 0 Å². The molecule has 66 valence electrons. The molecule has 0 amide bonds. The van der Waals surface area contributed by atoms with Crippen molar-refractivity contribution in [2.75, 3.05) is 0 Å². The van der Waals surface area contributed by atoms with Gasteiger partial charge in [-0.1, -0.05) is 18.2 Å². The fourth-order valence-electron chi connectivity index (χ4n) is 1.85. The van der Waals surface area contributed by atoms with Gasteiger partial charge in [0.25, 0.3) is 0 Å². The zero-order valence-electron chi connectivity index (χ0n) is 7.68. The van der Waals surface area contributed by atoms with E-state index in [2.05, 4.69) is 13.2 Å². The molecule has 1 aliphatic rings. The summed E-state index contributed by atoms with van der Waals surface area (Å²) in [6, 6.07) is 0. The van der Waals surface area contributed by atoms with E-state index in [-0.39, 0.29) is 0 Å². The van der Waals surface area contributed by atoms with Crippen LogP contribution in [0.25, 0.3) is 0 Å². The van der Waals surface area contributed by atoms with Crippen molar-refractivity contribution in [1.82, 2.24) is 0 Å². The number of ketones is 1. The predicted octanol–water partition coefficient (Wildman–Crippen LogP) is 2.73. The summed E-state index contributed by atoms with van der Waals surface area (Å²) < 4.78 is 0. The minimum Gasteiger partial charge on any atom is -0.300 e. The third-order valence-corrected chi connectivity index (χ3v) is 2.66. The third kappa shape index (κ3) is 1.84. The van der Waals surface area contributed by atoms with Crippen LogP contribution in [0.3, 0.4) is 0 Å². The molecule has 1 saturated carbocycles. The van der Waals surface area contributed by atoms with Crippen molar-refractivity contribution in [3.05, 3.63) is 24.8 Å². The molecule has 0 saturated heterocycles. The van der Waals surface area contributed by atoms with Crippen molar-refractivity contribution < 1.29 is 4.79 Å². The number of rotatable bonds is 2. The van der Waals surface area contributed by atoms with Gasteiger partial charge in [0.15, 0.2) is 0 Å². The molecule has 0 radical (unpaired) electrons. The van der Waals surface area contributed by atoms with E-state index in [0.29, 0.717) is 24.0 Å². The first-order valence-corrected chi connectivity index (χ1v) is 4.44. The second-order valence-corrected chi connectivity index (χ2v) is 3.63. The Kier molecular flexibility index (Phi) is 2.85. The van der Waals surface area contributed by atoms with Gasteiger partial charge in [0.05, 0.1) is 0 Å². The molecule has 0 N–H and O–H groups in total. The zero-order valence-corrected chi connectivity index (χ0v) is 7.68. The predicted molar refractivity (Wildman–Crippen MR) is 50.8 cm³/mol. The van der Waals surface area contributed by atoms with Gasteiger partial charge in [-0.3, -0.25) is 4.79 Å². The topological polar surface area (TPSA) is 17.1 Å². The highest BCUT2D eigenvalue weighted by Crippen LogP contribution is 2.32. The molecule has 0 aromatic heterocycles. The lowest BCUT2D eigenvalue weighted by atomic mass is 9.75. The van der Waals surface area contributed by atoms with Gasteiger partial charge in [0.2, 0.25) is 0 Å². The Balaban J connectivity index is 2.70. The lowest BCUT2D eigenvalue weighted by Crippen LogP contribution is -2.24. The summed E-state index contributed by atoms with van der Waals surface area (Å²) in [6.45, 7) is 9.70. The Bertz CT molecular complexity index is 215. The average molecular weight is 164 g/mol. The maximum atomic E-state index is 11.2. The molecule has 1 fully saturated rings. The van der Waals surface area contributed by atoms with Crippen LogP contribution in [0.1, 0.15) is 26.2 Å². The first-order valence-electron chi connectivity index (χ1n) is 4.44. The summed E-state index contributed by atoms with van der Waals surface area (Å²) in [5.41, 5.74) is 1.12. The van der Waals surface area contributed by atoms with Crippen molar-refractivity contribution in [3.8, 4) is 0 Å². The number of carbonyl (C=O) groups is 1. The third-order valence-electron chi connectivity index (χ3n) is 2.66. The highest BCUT2D eigenvalue weighted by Gasteiger charge is 2.27. The lowest BCUT2D eigenvalue weighted by Gasteiger charge is -2.28. The van der Waals surface area contributed by atoms with E-state index in [1.165, 1.54) is 0 Å². The van der Waals surface area contributed by atoms with Gasteiger partial charge in [-0.05, 0) is 25.2 Å². The SMILES string of the molecule is C=CC1CCC(=O)CC1C(=C)C. The Morgan fingerprint density at radius 1 is 1.67 bits per heavy atom. The fraction of sp³-hybridized carbons (Fsp3) is 0.545. The van der Waals surface area contributed by atoms with Crippen LogP contribution in [0, 0.1) is 11.8 Å². The highest BCUT2D eigenvalue weighted by molar-refractivity contribution is 5.79. The van der Waals surface area contributed by atoms with E-state index in [0.717, 1.165) is 18.4 Å². The largest absolute Gasteiger partial charge is 0.300 e. The van der Waals surface area contributed by atoms with Crippen molar-refractivity contribution in [2.45, 2.75) is 26.2 Å². The molecule has 1 nitrogen and oxygen atoms in total. The van der Waals surface area contributed by atoms with Gasteiger partial charge in [-0.2, -0.15) is 0 Å². The second-order valence-electron chi connectivity index (χ2n) is 3.63. The first kappa shape index (κ1) is 9.24. The number of carbonyl (C=O) groups excluding carboxylic acids is 1. The molecule has 1 aliphatic carbocycles. The standard InChI is InChI=1S/C11H16O/c1-4-9-5-6-10(12)7-11(9)8(2)3/h4,9,11H,1-2,5-7H2,3H3. The average Bonchev–Trinajstić information content (AvgIpc) is 2.04. The molecule has 1 rings (SSSR count). The molecule has 0 bridgehead atoms. The molecule has 1 heteroatoms. The summed E-state index contributed by atoms with van der Waals surface area (Å²) in [5.74, 6) is 1.20. The highest BCUT2D eigenvalue weighted by atomic mass is 16.1. The van der Waals surface area contributed by atoms with E-state index in [1.807, 2.05) is 13.0 Å². The maximum Gasteiger partial charge on any atom is 0.133 e. The van der Waals surface area contributed by atoms with Gasteiger partial charge in [0.1, 0.15) is 5.78 Å². The normalized spacial score (nSPS) is 29.9. The monoisotopic (exact) mass is 164 g/mol. The van der Waals surface area contributed by atoms with Crippen LogP contribution in [-0.4, -0.2) is 5.78 Å². The van der Waals surface area contributed by atoms with Crippen LogP contribution in [0.2, 0.25) is 0 Å². The Morgan fingerprint density at radius 3 is 2.83 bits per heavy atom. The summed E-state index contributed by atoms with van der Waals surface area (Å²) in [5, 5.41) is 0. The summed E-state index contributed by atoms with van der Waals surface area (Å²) in [7, 11) is 0. The summed E-state index contributed by atoms with van der Waals surface area (Å²) in [6.07, 6.45) is 4.32. The molecule has 0 aromatic rings. The van der Waals surface area contributed by atoms with Crippen LogP contribution in [-0.2, 0) is 4.79 Å². The Morgan fingerprint density at radius 2 is 2.33 bits per heavy atom. The lowest BCUT2D eigenvalue weighted by molar-refractivity contribution is -0.121. The molecule has 2 atom stereocenters. The fourth-order valence-corrected chi connectivity index (χ4v) is 1.85. The van der Waals surface area contributed by atoms with Gasteiger partial charge >= 0.3 is 0 Å². The second kappa shape index (κ2) is 3.70. The van der Waals surface area contributed by atoms with Crippen LogP contribution in [0.4, 0.5) is 0 Å². The van der Waals surface area contributed by atoms with Gasteiger partial charge in [-0.25, -0.2) is 0 Å². The summed E-state index contributed by atoms with van der Waals surface area (Å²) in [4.78, 5) is 11.2. The van der Waals surface area contributed by atoms with E-state index < -0.39 is 0 Å². The maximum absolute atomic E-state index is 11.2. The molecular formula is C11H16O. The van der Waals surface area contributed by atoms with E-state index in [9.17, 15) is 4.79 Å². The number of allylic oxidation sites excluding steroid dienone is 2. The quantitative estimate of drug-likeness (QED) is 0.573. The van der Waals surface area contributed by atoms with E-state index >= 15 is 0 Å². The summed E-state index contributed by atoms with van der Waals surface area (Å²) >= 11 is 0. The molecule has 12 heavy (non-hydrogen) atoms. The van der Waals surface area contributed by atoms with Crippen molar-refractivity contribution in [1.29, 1.82) is 0 Å². The number of Topliss-reactive ketones (excluding diaryl/α,β-unsaturated/α-hetero) is 1. The minimum atomic E-state index is 0.351. The van der Waals surface area contributed by atoms with Crippen molar-refractivity contribution in [2.24, 2.45) is 11.8 Å². The van der Waals surface area contributed by atoms with Gasteiger partial charge in [0, 0.05) is 12.8 Å². The van der Waals surface area contributed by atoms with Crippen LogP contribution in [0.15, 0.2) is 24.8 Å². The number of hydrogen-bond donors (Lipinski definition) is 0. The van der Waals surface area contributed by atoms with Crippen molar-refractivity contribution in [3.63, 3.8) is 0 Å². The van der Waals surface area contributed by atoms with Crippen LogP contribution >= 0.6 is 0 Å². The molecule has 0 heterocycles. The first-order chi connectivity index (χ1) is 5.65. The zero-order chi connectivity index (χ0) is 9.14. The Hall–Kier alpha value is -0.850. The van der Waals surface area contributed by atoms with Gasteiger partial charge in [-0.15, -0.1) is 6.58 Å². The van der Waals surface area contributed by atoms with E-state index in [4.69, 9.17) is 0 Å². The molecule has 2 unspecified atom stereocenters. The molecular weight excluding hydrogens is 148 g/mol. The smallest absolute Gasteiger partial charge is 0.133 e. The van der Waals surface area contributed by atoms with Crippen molar-refractivity contribution >= 4 is 5.78 Å². The Labute approximate surface area is 74.2 Å². The molecule has 0 spiro atoms. The number of hydrogen-bond acceptors (Lipinski definition) is 1. The van der Waals surface area contributed by atoms with E-state index in [1.54, 1.807) is 0 Å². The minimum absolute atomic E-state index is 0.351. The van der Waals surface area contributed by atoms with Crippen LogP contribution in [0.5, 0.6) is 0 Å². The van der Waals surface area contributed by atoms with Crippen LogP contribution < -0.4 is 0 Å². The molecule has 0 aromatic carbocycles. The molecule has 0 aliphatic heterocycles.